The Morgan fingerprint density at radius 2 is 2.00 bits per heavy atom. The third-order valence-corrected chi connectivity index (χ3v) is 3.56. The highest BCUT2D eigenvalue weighted by Crippen LogP contribution is 2.20. The third kappa shape index (κ3) is 3.95. The number of rotatable bonds is 6. The number of carbonyl (C=O) groups is 1. The first-order valence-electron chi connectivity index (χ1n) is 7.55. The molecule has 0 spiro atoms. The number of aliphatic hydroxyl groups excluding tert-OH is 1. The molecule has 1 aromatic heterocycles. The Balaban J connectivity index is 1.52. The van der Waals surface area contributed by atoms with E-state index in [1.54, 1.807) is 24.3 Å². The fourth-order valence-corrected chi connectivity index (χ4v) is 2.28. The van der Waals surface area contributed by atoms with Crippen LogP contribution in [0.3, 0.4) is 0 Å². The zero-order valence-corrected chi connectivity index (χ0v) is 13.0. The van der Waals surface area contributed by atoms with Gasteiger partial charge in [0.2, 0.25) is 0 Å². The van der Waals surface area contributed by atoms with Crippen molar-refractivity contribution in [3.8, 4) is 5.75 Å². The van der Waals surface area contributed by atoms with E-state index in [1.807, 2.05) is 0 Å². The number of benzene rings is 2. The number of carbonyl (C=O) groups excluding carboxylic acids is 1. The predicted octanol–water partition coefficient (Wildman–Crippen LogP) is 2.88. The number of nitrogens with one attached hydrogen (secondary N) is 1. The van der Waals surface area contributed by atoms with Gasteiger partial charge in [-0.2, -0.15) is 0 Å². The summed E-state index contributed by atoms with van der Waals surface area (Å²) in [6, 6.07) is 10.2. The van der Waals surface area contributed by atoms with Crippen LogP contribution in [0.5, 0.6) is 5.75 Å². The molecule has 130 valence electrons. The first-order valence-corrected chi connectivity index (χ1v) is 7.55. The summed E-state index contributed by atoms with van der Waals surface area (Å²) in [7, 11) is 0. The number of amides is 1. The zero-order valence-electron chi connectivity index (χ0n) is 13.0. The van der Waals surface area contributed by atoms with Crippen molar-refractivity contribution in [1.29, 1.82) is 0 Å². The van der Waals surface area contributed by atoms with E-state index in [-0.39, 0.29) is 18.9 Å². The minimum Gasteiger partial charge on any atom is -0.491 e. The summed E-state index contributed by atoms with van der Waals surface area (Å²) in [5.74, 6) is -2.32. The van der Waals surface area contributed by atoms with E-state index in [0.717, 1.165) is 12.1 Å². The maximum absolute atomic E-state index is 13.1. The van der Waals surface area contributed by atoms with Gasteiger partial charge in [0, 0.05) is 18.0 Å². The average Bonchev–Trinajstić information content (AvgIpc) is 3.05. The number of hydrogen-bond donors (Lipinski definition) is 2. The molecule has 5 nitrogen and oxygen atoms in total. The van der Waals surface area contributed by atoms with Crippen molar-refractivity contribution in [3.05, 3.63) is 65.9 Å². The lowest BCUT2D eigenvalue weighted by Gasteiger charge is -2.13. The van der Waals surface area contributed by atoms with Crippen LogP contribution in [-0.2, 0) is 0 Å². The molecule has 2 aromatic carbocycles. The maximum Gasteiger partial charge on any atom is 0.255 e. The Bertz CT molecular complexity index is 894. The molecule has 0 saturated heterocycles. The summed E-state index contributed by atoms with van der Waals surface area (Å²) in [6.07, 6.45) is 0.333. The Labute approximate surface area is 141 Å². The first-order chi connectivity index (χ1) is 12.0. The van der Waals surface area contributed by atoms with E-state index in [4.69, 9.17) is 9.15 Å². The van der Waals surface area contributed by atoms with Crippen LogP contribution < -0.4 is 10.1 Å². The van der Waals surface area contributed by atoms with Gasteiger partial charge in [0.15, 0.2) is 11.6 Å². The van der Waals surface area contributed by atoms with Crippen LogP contribution in [0.4, 0.5) is 8.78 Å². The van der Waals surface area contributed by atoms with Crippen LogP contribution in [0, 0.1) is 11.6 Å². The molecule has 25 heavy (non-hydrogen) atoms. The Kier molecular flexibility index (Phi) is 4.95. The molecule has 1 atom stereocenters. The van der Waals surface area contributed by atoms with Gasteiger partial charge in [-0.3, -0.25) is 4.79 Å². The lowest BCUT2D eigenvalue weighted by Crippen LogP contribution is -2.35. The molecule has 0 bridgehead atoms. The van der Waals surface area contributed by atoms with Gasteiger partial charge < -0.3 is 19.6 Å². The van der Waals surface area contributed by atoms with E-state index < -0.39 is 23.6 Å². The Morgan fingerprint density at radius 1 is 1.20 bits per heavy atom. The van der Waals surface area contributed by atoms with Crippen LogP contribution in [0.25, 0.3) is 11.0 Å². The van der Waals surface area contributed by atoms with Gasteiger partial charge in [-0.25, -0.2) is 8.78 Å². The molecule has 0 fully saturated rings. The van der Waals surface area contributed by atoms with Crippen LogP contribution in [-0.4, -0.2) is 30.3 Å². The normalized spacial score (nSPS) is 12.1. The van der Waals surface area contributed by atoms with Gasteiger partial charge in [0.25, 0.3) is 5.91 Å². The van der Waals surface area contributed by atoms with E-state index in [2.05, 4.69) is 5.32 Å². The molecule has 2 N–H and O–H groups in total. The van der Waals surface area contributed by atoms with E-state index in [0.29, 0.717) is 16.5 Å². The lowest BCUT2D eigenvalue weighted by molar-refractivity contribution is 0.0843. The molecule has 0 saturated carbocycles. The monoisotopic (exact) mass is 347 g/mol. The van der Waals surface area contributed by atoms with E-state index in [1.165, 1.54) is 12.3 Å². The number of hydrogen-bond acceptors (Lipinski definition) is 4. The van der Waals surface area contributed by atoms with Gasteiger partial charge in [0.05, 0.1) is 5.56 Å². The highest BCUT2D eigenvalue weighted by molar-refractivity contribution is 6.05. The minimum absolute atomic E-state index is 0.0674. The van der Waals surface area contributed by atoms with Crippen molar-refractivity contribution in [2.75, 3.05) is 13.2 Å². The molecular weight excluding hydrogens is 332 g/mol. The number of halogens is 2. The molecule has 3 aromatic rings. The second-order valence-electron chi connectivity index (χ2n) is 5.40. The predicted molar refractivity (Wildman–Crippen MR) is 86.4 cm³/mol. The Morgan fingerprint density at radius 3 is 2.80 bits per heavy atom. The quantitative estimate of drug-likeness (QED) is 0.719. The molecule has 0 radical (unpaired) electrons. The topological polar surface area (TPSA) is 71.7 Å². The smallest absolute Gasteiger partial charge is 0.255 e. The molecule has 7 heteroatoms. The molecule has 1 unspecified atom stereocenters. The van der Waals surface area contributed by atoms with E-state index in [9.17, 15) is 18.7 Å². The van der Waals surface area contributed by atoms with Crippen LogP contribution >= 0.6 is 0 Å². The van der Waals surface area contributed by atoms with Gasteiger partial charge in [-0.05, 0) is 18.2 Å². The number of aliphatic hydroxyl groups is 1. The number of para-hydroxylation sites is 1. The van der Waals surface area contributed by atoms with Crippen molar-refractivity contribution in [3.63, 3.8) is 0 Å². The fraction of sp³-hybridized carbons (Fsp3) is 0.167. The molecule has 0 aliphatic carbocycles. The minimum atomic E-state index is -1.04. The van der Waals surface area contributed by atoms with Crippen molar-refractivity contribution in [2.45, 2.75) is 6.10 Å². The van der Waals surface area contributed by atoms with Crippen LogP contribution in [0.1, 0.15) is 10.4 Å². The first kappa shape index (κ1) is 16.9. The highest BCUT2D eigenvalue weighted by atomic mass is 19.2. The summed E-state index contributed by atoms with van der Waals surface area (Å²) < 4.78 is 36.3. The summed E-state index contributed by atoms with van der Waals surface area (Å²) >= 11 is 0. The van der Waals surface area contributed by atoms with Gasteiger partial charge >= 0.3 is 0 Å². The van der Waals surface area contributed by atoms with Crippen molar-refractivity contribution in [1.82, 2.24) is 5.32 Å². The molecular formula is C18H15F2NO4. The molecule has 1 heterocycles. The fourth-order valence-electron chi connectivity index (χ4n) is 2.28. The number of ether oxygens (including phenoxy) is 1. The summed E-state index contributed by atoms with van der Waals surface area (Å²) in [4.78, 5) is 12.2. The van der Waals surface area contributed by atoms with Gasteiger partial charge in [-0.15, -0.1) is 0 Å². The Hall–Kier alpha value is -2.93. The SMILES string of the molecule is O=C(NCC(O)COc1ccc(F)c(F)c1)c1coc2ccccc12. The summed E-state index contributed by atoms with van der Waals surface area (Å²) in [6.45, 7) is -0.250. The molecule has 0 aliphatic rings. The molecule has 3 rings (SSSR count). The van der Waals surface area contributed by atoms with Crippen LogP contribution in [0.2, 0.25) is 0 Å². The second kappa shape index (κ2) is 7.31. The average molecular weight is 347 g/mol. The highest BCUT2D eigenvalue weighted by Gasteiger charge is 2.15. The molecule has 1 amide bonds. The van der Waals surface area contributed by atoms with Crippen molar-refractivity contribution >= 4 is 16.9 Å². The van der Waals surface area contributed by atoms with Crippen molar-refractivity contribution in [2.24, 2.45) is 0 Å². The standard InChI is InChI=1S/C18H15F2NO4/c19-15-6-5-12(7-16(15)20)24-9-11(22)8-21-18(23)14-10-25-17-4-2-1-3-13(14)17/h1-7,10-11,22H,8-9H2,(H,21,23). The van der Waals surface area contributed by atoms with Gasteiger partial charge in [-0.1, -0.05) is 18.2 Å². The number of furan rings is 1. The van der Waals surface area contributed by atoms with Crippen LogP contribution in [0.15, 0.2) is 53.1 Å². The maximum atomic E-state index is 13.1. The third-order valence-electron chi connectivity index (χ3n) is 3.56. The molecule has 0 aliphatic heterocycles. The number of fused-ring (bicyclic) bond motifs is 1. The zero-order chi connectivity index (χ0) is 17.8. The van der Waals surface area contributed by atoms with Crippen molar-refractivity contribution < 1.29 is 27.8 Å². The lowest BCUT2D eigenvalue weighted by atomic mass is 10.1. The second-order valence-corrected chi connectivity index (χ2v) is 5.40. The summed E-state index contributed by atoms with van der Waals surface area (Å²) in [5, 5.41) is 13.1. The van der Waals surface area contributed by atoms with Gasteiger partial charge in [0.1, 0.15) is 30.3 Å². The van der Waals surface area contributed by atoms with E-state index >= 15 is 0 Å². The summed E-state index contributed by atoms with van der Waals surface area (Å²) in [5.41, 5.74) is 0.958. The largest absolute Gasteiger partial charge is 0.491 e.